The molecule has 1 aromatic rings. The average Bonchev–Trinajstić information content (AvgIpc) is 2.39. The van der Waals surface area contributed by atoms with E-state index < -0.39 is 10.5 Å². The monoisotopic (exact) mass is 277 g/mol. The molecule has 0 aromatic heterocycles. The van der Waals surface area contributed by atoms with E-state index in [4.69, 9.17) is 16.9 Å². The van der Waals surface area contributed by atoms with Crippen molar-refractivity contribution in [2.45, 2.75) is 40.0 Å². The van der Waals surface area contributed by atoms with Gasteiger partial charge in [0.2, 0.25) is 0 Å². The number of nitrogens with one attached hydrogen (secondary N) is 1. The molecule has 0 saturated heterocycles. The summed E-state index contributed by atoms with van der Waals surface area (Å²) in [5.41, 5.74) is 14.1. The Morgan fingerprint density at radius 3 is 2.40 bits per heavy atom. The molecule has 110 valence electrons. The number of hydrogen-bond donors (Lipinski definition) is 3. The van der Waals surface area contributed by atoms with Crippen LogP contribution in [0.15, 0.2) is 18.2 Å². The molecule has 1 atom stereocenters. The highest BCUT2D eigenvalue weighted by Gasteiger charge is 2.43. The quantitative estimate of drug-likeness (QED) is 0.438. The maximum absolute atomic E-state index is 12.0. The number of hydrogen-bond acceptors (Lipinski definition) is 2. The van der Waals surface area contributed by atoms with Crippen LogP contribution >= 0.6 is 0 Å². The Morgan fingerprint density at radius 2 is 1.95 bits per heavy atom. The average molecular weight is 277 g/mol. The van der Waals surface area contributed by atoms with Crippen molar-refractivity contribution in [1.82, 2.24) is 4.48 Å². The Morgan fingerprint density at radius 1 is 1.30 bits per heavy atom. The molecular formula is C15H25N4O+. The van der Waals surface area contributed by atoms with Gasteiger partial charge in [-0.05, 0) is 26.7 Å². The largest absolute Gasteiger partial charge is 0.426 e. The van der Waals surface area contributed by atoms with Gasteiger partial charge in [-0.1, -0.05) is 31.5 Å². The Kier molecular flexibility index (Phi) is 5.27. The first kappa shape index (κ1) is 16.2. The van der Waals surface area contributed by atoms with Crippen molar-refractivity contribution >= 4 is 17.7 Å². The zero-order chi connectivity index (χ0) is 15.3. The third-order valence-electron chi connectivity index (χ3n) is 3.76. The summed E-state index contributed by atoms with van der Waals surface area (Å²) in [6.45, 7) is 6.21. The lowest BCUT2D eigenvalue weighted by Crippen LogP contribution is -2.64. The summed E-state index contributed by atoms with van der Waals surface area (Å²) in [4.78, 5) is 12.0. The second kappa shape index (κ2) is 6.52. The van der Waals surface area contributed by atoms with Gasteiger partial charge in [0.1, 0.15) is 0 Å². The van der Waals surface area contributed by atoms with Crippen LogP contribution in [0.25, 0.3) is 0 Å². The summed E-state index contributed by atoms with van der Waals surface area (Å²) in [5.74, 6) is -0.230. The van der Waals surface area contributed by atoms with E-state index in [1.807, 2.05) is 32.0 Å². The molecule has 0 fully saturated rings. The topological polar surface area (TPSA) is 93.0 Å². The maximum Gasteiger partial charge on any atom is 0.426 e. The van der Waals surface area contributed by atoms with Crippen LogP contribution < -0.4 is 16.0 Å². The lowest BCUT2D eigenvalue weighted by Gasteiger charge is -2.32. The van der Waals surface area contributed by atoms with E-state index in [1.54, 1.807) is 0 Å². The first-order valence-electron chi connectivity index (χ1n) is 7.03. The van der Waals surface area contributed by atoms with Gasteiger partial charge in [-0.25, -0.2) is 10.2 Å². The van der Waals surface area contributed by atoms with E-state index >= 15 is 0 Å². The lowest BCUT2D eigenvalue weighted by atomic mass is 10.00. The number of quaternary nitrogens is 1. The number of primary amides is 1. The van der Waals surface area contributed by atoms with E-state index in [0.717, 1.165) is 36.1 Å². The van der Waals surface area contributed by atoms with Crippen LogP contribution in [0.2, 0.25) is 0 Å². The molecule has 0 radical (unpaired) electrons. The predicted octanol–water partition coefficient (Wildman–Crippen LogP) is 2.64. The van der Waals surface area contributed by atoms with Crippen LogP contribution in [0.4, 0.5) is 10.5 Å². The number of guanidine groups is 1. The number of nitrogens with zero attached hydrogens (tertiary/aromatic N) is 1. The summed E-state index contributed by atoms with van der Waals surface area (Å²) in [6.07, 6.45) is 2.95. The van der Waals surface area contributed by atoms with E-state index in [0.29, 0.717) is 6.54 Å². The molecule has 5 nitrogen and oxygen atoms in total. The molecule has 0 aliphatic carbocycles. The van der Waals surface area contributed by atoms with E-state index in [9.17, 15) is 4.79 Å². The minimum Gasteiger partial charge on any atom is -0.337 e. The maximum atomic E-state index is 12.0. The highest BCUT2D eigenvalue weighted by molar-refractivity contribution is 6.08. The molecule has 0 bridgehead atoms. The first-order chi connectivity index (χ1) is 9.41. The highest BCUT2D eigenvalue weighted by Crippen LogP contribution is 2.32. The van der Waals surface area contributed by atoms with E-state index in [1.165, 1.54) is 0 Å². The Labute approximate surface area is 120 Å². The first-order valence-corrected chi connectivity index (χ1v) is 7.03. The minimum absolute atomic E-state index is 0.230. The molecule has 5 heteroatoms. The molecule has 2 amide bonds. The van der Waals surface area contributed by atoms with E-state index in [2.05, 4.69) is 6.92 Å². The molecule has 5 N–H and O–H groups in total. The van der Waals surface area contributed by atoms with Gasteiger partial charge in [-0.3, -0.25) is 0 Å². The van der Waals surface area contributed by atoms with Gasteiger partial charge in [0.15, 0.2) is 5.69 Å². The Bertz CT molecular complexity index is 497. The number of carbonyl (C=O) groups is 1. The van der Waals surface area contributed by atoms with Crippen LogP contribution in [0.5, 0.6) is 0 Å². The van der Waals surface area contributed by atoms with Gasteiger partial charge in [-0.2, -0.15) is 0 Å². The third-order valence-corrected chi connectivity index (χ3v) is 3.76. The van der Waals surface area contributed by atoms with Gasteiger partial charge in [0.05, 0.1) is 6.54 Å². The van der Waals surface area contributed by atoms with Crippen molar-refractivity contribution in [3.8, 4) is 0 Å². The summed E-state index contributed by atoms with van der Waals surface area (Å²) < 4.78 is -0.397. The standard InChI is InChI=1S/C15H24N4O/c1-4-6-9-12-10-7-8-11(3)13(12)19(5-2,14(16)17)15(18)20/h7-8,10H,4-6,9H2,1-3H3,(H4-,16,17,18,20)/p+1. The Hall–Kier alpha value is -1.88. The molecule has 0 heterocycles. The molecule has 0 saturated carbocycles. The number of amides is 2. The zero-order valence-corrected chi connectivity index (χ0v) is 12.6. The van der Waals surface area contributed by atoms with Gasteiger partial charge >= 0.3 is 12.0 Å². The van der Waals surface area contributed by atoms with Crippen LogP contribution in [0.1, 0.15) is 37.8 Å². The summed E-state index contributed by atoms with van der Waals surface area (Å²) >= 11 is 0. The normalized spacial score (nSPS) is 13.8. The number of rotatable bonds is 5. The van der Waals surface area contributed by atoms with Crippen LogP contribution in [-0.2, 0) is 6.42 Å². The zero-order valence-electron chi connectivity index (χ0n) is 12.6. The van der Waals surface area contributed by atoms with Crippen LogP contribution in [-0.4, -0.2) is 18.5 Å². The van der Waals surface area contributed by atoms with Crippen LogP contribution in [0, 0.1) is 12.3 Å². The van der Waals surface area contributed by atoms with Gasteiger partial charge in [-0.15, -0.1) is 4.48 Å². The van der Waals surface area contributed by atoms with Crippen molar-refractivity contribution in [3.63, 3.8) is 0 Å². The fraction of sp³-hybridized carbons (Fsp3) is 0.467. The molecular weight excluding hydrogens is 252 g/mol. The fourth-order valence-corrected chi connectivity index (χ4v) is 2.67. The van der Waals surface area contributed by atoms with Crippen molar-refractivity contribution in [3.05, 3.63) is 29.3 Å². The molecule has 0 spiro atoms. The van der Waals surface area contributed by atoms with Crippen molar-refractivity contribution in [1.29, 1.82) is 5.41 Å². The number of urea groups is 1. The van der Waals surface area contributed by atoms with E-state index in [-0.39, 0.29) is 5.96 Å². The van der Waals surface area contributed by atoms with Crippen molar-refractivity contribution < 1.29 is 4.79 Å². The van der Waals surface area contributed by atoms with Crippen molar-refractivity contribution in [2.24, 2.45) is 11.5 Å². The van der Waals surface area contributed by atoms with Crippen molar-refractivity contribution in [2.75, 3.05) is 6.54 Å². The fourth-order valence-electron chi connectivity index (χ4n) is 2.67. The molecule has 0 aliphatic heterocycles. The molecule has 1 unspecified atom stereocenters. The minimum atomic E-state index is -0.605. The van der Waals surface area contributed by atoms with Gasteiger partial charge < -0.3 is 11.5 Å². The molecule has 20 heavy (non-hydrogen) atoms. The number of unbranched alkanes of at least 4 members (excludes halogenated alkanes) is 1. The van der Waals surface area contributed by atoms with Gasteiger partial charge in [0.25, 0.3) is 0 Å². The predicted molar refractivity (Wildman–Crippen MR) is 83.6 cm³/mol. The second-order valence-electron chi connectivity index (χ2n) is 5.04. The highest BCUT2D eigenvalue weighted by atomic mass is 16.2. The number of carbonyl (C=O) groups excluding carboxylic acids is 1. The molecule has 0 aliphatic rings. The lowest BCUT2D eigenvalue weighted by molar-refractivity contribution is 0.230. The number of nitrogens with two attached hydrogens (primary N) is 2. The third kappa shape index (κ3) is 2.67. The number of aryl methyl sites for hydroxylation is 2. The second-order valence-corrected chi connectivity index (χ2v) is 5.04. The summed E-state index contributed by atoms with van der Waals surface area (Å²) in [5, 5.41) is 7.89. The number of benzene rings is 1. The van der Waals surface area contributed by atoms with Gasteiger partial charge in [0, 0.05) is 11.1 Å². The summed E-state index contributed by atoms with van der Waals surface area (Å²) in [7, 11) is 0. The van der Waals surface area contributed by atoms with Crippen LogP contribution in [0.3, 0.4) is 0 Å². The molecule has 1 aromatic carbocycles. The summed E-state index contributed by atoms with van der Waals surface area (Å²) in [6, 6.07) is 5.29. The SMILES string of the molecule is CCCCc1cccc(C)c1[N+](CC)(C(=N)N)C(N)=O. The smallest absolute Gasteiger partial charge is 0.337 e. The molecule has 1 rings (SSSR count). The Balaban J connectivity index is 3.54. The number of para-hydroxylation sites is 1.